The number of hydrogen-bond donors (Lipinski definition) is 1. The van der Waals surface area contributed by atoms with Crippen molar-refractivity contribution in [3.63, 3.8) is 0 Å². The van der Waals surface area contributed by atoms with Crippen LogP contribution in [0.2, 0.25) is 0 Å². The van der Waals surface area contributed by atoms with Crippen LogP contribution in [0.15, 0.2) is 16.8 Å². The van der Waals surface area contributed by atoms with Gasteiger partial charge in [0.2, 0.25) is 5.91 Å². The molecule has 0 spiro atoms. The summed E-state index contributed by atoms with van der Waals surface area (Å²) in [4.78, 5) is 11.9. The molecule has 18 heavy (non-hydrogen) atoms. The molecule has 0 bridgehead atoms. The van der Waals surface area contributed by atoms with Crippen LogP contribution in [0.4, 0.5) is 0 Å². The van der Waals surface area contributed by atoms with Crippen LogP contribution >= 0.6 is 11.3 Å². The van der Waals surface area contributed by atoms with Gasteiger partial charge in [-0.15, -0.1) is 0 Å². The predicted octanol–water partition coefficient (Wildman–Crippen LogP) is 2.88. The highest BCUT2D eigenvalue weighted by Gasteiger charge is 2.24. The summed E-state index contributed by atoms with van der Waals surface area (Å²) in [6, 6.07) is 3.89. The van der Waals surface area contributed by atoms with Gasteiger partial charge >= 0.3 is 0 Å². The number of thiophene rings is 1. The van der Waals surface area contributed by atoms with Crippen molar-refractivity contribution < 1.29 is 4.79 Å². The van der Waals surface area contributed by atoms with E-state index in [4.69, 9.17) is 0 Å². The summed E-state index contributed by atoms with van der Waals surface area (Å²) in [7, 11) is 0. The van der Waals surface area contributed by atoms with Crippen LogP contribution in [0.1, 0.15) is 37.7 Å². The lowest BCUT2D eigenvalue weighted by molar-refractivity contribution is -0.121. The molecule has 4 heteroatoms. The van der Waals surface area contributed by atoms with Gasteiger partial charge in [-0.2, -0.15) is 16.6 Å². The van der Waals surface area contributed by atoms with Crippen LogP contribution in [0, 0.1) is 17.2 Å². The van der Waals surface area contributed by atoms with Gasteiger partial charge in [-0.3, -0.25) is 4.79 Å². The average Bonchev–Trinajstić information content (AvgIpc) is 2.90. The molecule has 1 aromatic rings. The summed E-state index contributed by atoms with van der Waals surface area (Å²) in [6.07, 6.45) is 6.15. The van der Waals surface area contributed by atoms with Crippen molar-refractivity contribution in [2.24, 2.45) is 5.92 Å². The van der Waals surface area contributed by atoms with Gasteiger partial charge in [0.05, 0.1) is 12.5 Å². The first kappa shape index (κ1) is 13.1. The van der Waals surface area contributed by atoms with Gasteiger partial charge in [0.15, 0.2) is 0 Å². The van der Waals surface area contributed by atoms with Crippen molar-refractivity contribution in [1.29, 1.82) is 5.26 Å². The Morgan fingerprint density at radius 3 is 2.89 bits per heavy atom. The van der Waals surface area contributed by atoms with Gasteiger partial charge in [-0.25, -0.2) is 0 Å². The molecule has 96 valence electrons. The molecule has 1 aliphatic rings. The Kier molecular flexibility index (Phi) is 4.77. The third kappa shape index (κ3) is 3.58. The van der Waals surface area contributed by atoms with E-state index in [0.29, 0.717) is 12.3 Å². The molecule has 0 radical (unpaired) electrons. The zero-order valence-electron chi connectivity index (χ0n) is 10.4. The fourth-order valence-corrected chi connectivity index (χ4v) is 3.19. The third-order valence-corrected chi connectivity index (χ3v) is 4.25. The average molecular weight is 262 g/mol. The Bertz CT molecular complexity index is 416. The Morgan fingerprint density at radius 2 is 2.28 bits per heavy atom. The molecule has 1 atom stereocenters. The molecular weight excluding hydrogens is 244 g/mol. The van der Waals surface area contributed by atoms with Crippen LogP contribution in [-0.4, -0.2) is 11.9 Å². The fourth-order valence-electron chi connectivity index (χ4n) is 2.53. The number of carbonyl (C=O) groups excluding carboxylic acids is 1. The van der Waals surface area contributed by atoms with E-state index >= 15 is 0 Å². The number of hydrogen-bond acceptors (Lipinski definition) is 3. The zero-order valence-corrected chi connectivity index (χ0v) is 11.2. The van der Waals surface area contributed by atoms with E-state index in [0.717, 1.165) is 18.4 Å². The lowest BCUT2D eigenvalue weighted by Crippen LogP contribution is -2.40. The first-order valence-electron chi connectivity index (χ1n) is 6.49. The van der Waals surface area contributed by atoms with Crippen molar-refractivity contribution >= 4 is 17.2 Å². The van der Waals surface area contributed by atoms with E-state index in [1.165, 1.54) is 19.3 Å². The Hall–Kier alpha value is -1.34. The van der Waals surface area contributed by atoms with Crippen LogP contribution in [0.3, 0.4) is 0 Å². The van der Waals surface area contributed by atoms with E-state index in [9.17, 15) is 10.1 Å². The highest BCUT2D eigenvalue weighted by molar-refractivity contribution is 7.07. The Labute approximate surface area is 112 Å². The molecule has 1 saturated carbocycles. The number of rotatable bonds is 4. The second-order valence-electron chi connectivity index (χ2n) is 4.88. The summed E-state index contributed by atoms with van der Waals surface area (Å²) in [5.41, 5.74) is 1.03. The number of nitriles is 1. The van der Waals surface area contributed by atoms with Gasteiger partial charge in [-0.1, -0.05) is 19.3 Å². The standard InChI is InChI=1S/C14H18N2OS/c15-9-13(12-4-2-1-3-5-12)16-14(17)8-11-6-7-18-10-11/h6-7,10,12-13H,1-5,8H2,(H,16,17). The molecule has 0 saturated heterocycles. The van der Waals surface area contributed by atoms with Crippen molar-refractivity contribution in [1.82, 2.24) is 5.32 Å². The minimum atomic E-state index is -0.309. The molecule has 1 aliphatic carbocycles. The smallest absolute Gasteiger partial charge is 0.225 e. The zero-order chi connectivity index (χ0) is 12.8. The lowest BCUT2D eigenvalue weighted by Gasteiger charge is -2.26. The highest BCUT2D eigenvalue weighted by atomic mass is 32.1. The van der Waals surface area contributed by atoms with Crippen LogP contribution in [0.5, 0.6) is 0 Å². The van der Waals surface area contributed by atoms with E-state index in [2.05, 4.69) is 11.4 Å². The minimum absolute atomic E-state index is 0.0366. The predicted molar refractivity (Wildman–Crippen MR) is 72.1 cm³/mol. The van der Waals surface area contributed by atoms with E-state index in [-0.39, 0.29) is 11.9 Å². The fraction of sp³-hybridized carbons (Fsp3) is 0.571. The third-order valence-electron chi connectivity index (χ3n) is 3.52. The maximum absolute atomic E-state index is 11.9. The summed E-state index contributed by atoms with van der Waals surface area (Å²) in [5.74, 6) is 0.306. The molecular formula is C14H18N2OS. The normalized spacial score (nSPS) is 17.9. The van der Waals surface area contributed by atoms with Crippen LogP contribution in [0.25, 0.3) is 0 Å². The number of carbonyl (C=O) groups is 1. The molecule has 1 heterocycles. The summed E-state index contributed by atoms with van der Waals surface area (Å²) in [5, 5.41) is 16.0. The van der Waals surface area contributed by atoms with E-state index in [1.54, 1.807) is 11.3 Å². The summed E-state index contributed by atoms with van der Waals surface area (Å²) in [6.45, 7) is 0. The first-order chi connectivity index (χ1) is 8.79. The minimum Gasteiger partial charge on any atom is -0.340 e. The molecule has 1 fully saturated rings. The highest BCUT2D eigenvalue weighted by Crippen LogP contribution is 2.26. The largest absolute Gasteiger partial charge is 0.340 e. The molecule has 1 N–H and O–H groups in total. The quantitative estimate of drug-likeness (QED) is 0.907. The van der Waals surface area contributed by atoms with Gasteiger partial charge < -0.3 is 5.32 Å². The van der Waals surface area contributed by atoms with Crippen LogP contribution < -0.4 is 5.32 Å². The lowest BCUT2D eigenvalue weighted by atomic mass is 9.84. The van der Waals surface area contributed by atoms with Gasteiger partial charge in [0.25, 0.3) is 0 Å². The molecule has 0 aliphatic heterocycles. The second kappa shape index (κ2) is 6.55. The Balaban J connectivity index is 1.86. The van der Waals surface area contributed by atoms with Gasteiger partial charge in [0.1, 0.15) is 6.04 Å². The van der Waals surface area contributed by atoms with Crippen LogP contribution in [-0.2, 0) is 11.2 Å². The van der Waals surface area contributed by atoms with Gasteiger partial charge in [-0.05, 0) is 41.1 Å². The summed E-state index contributed by atoms with van der Waals surface area (Å²) >= 11 is 1.59. The molecule has 1 unspecified atom stereocenters. The maximum atomic E-state index is 11.9. The molecule has 0 aromatic carbocycles. The van der Waals surface area contributed by atoms with Crippen molar-refractivity contribution in [3.8, 4) is 6.07 Å². The van der Waals surface area contributed by atoms with Crippen molar-refractivity contribution in [2.45, 2.75) is 44.6 Å². The monoisotopic (exact) mass is 262 g/mol. The number of amides is 1. The topological polar surface area (TPSA) is 52.9 Å². The number of nitrogens with one attached hydrogen (secondary N) is 1. The van der Waals surface area contributed by atoms with Gasteiger partial charge in [0, 0.05) is 0 Å². The maximum Gasteiger partial charge on any atom is 0.225 e. The molecule has 1 amide bonds. The molecule has 3 nitrogen and oxygen atoms in total. The Morgan fingerprint density at radius 1 is 1.50 bits per heavy atom. The number of nitrogens with zero attached hydrogens (tertiary/aromatic N) is 1. The second-order valence-corrected chi connectivity index (χ2v) is 5.66. The van der Waals surface area contributed by atoms with Crippen molar-refractivity contribution in [3.05, 3.63) is 22.4 Å². The van der Waals surface area contributed by atoms with E-state index < -0.39 is 0 Å². The van der Waals surface area contributed by atoms with Crippen molar-refractivity contribution in [2.75, 3.05) is 0 Å². The first-order valence-corrected chi connectivity index (χ1v) is 7.44. The summed E-state index contributed by atoms with van der Waals surface area (Å²) < 4.78 is 0. The van der Waals surface area contributed by atoms with E-state index in [1.807, 2.05) is 16.8 Å². The SMILES string of the molecule is N#CC(NC(=O)Cc1ccsc1)C1CCCCC1. The molecule has 1 aromatic heterocycles. The molecule has 2 rings (SSSR count).